The lowest BCUT2D eigenvalue weighted by Gasteiger charge is -2.09. The first-order chi connectivity index (χ1) is 5.88. The van der Waals surface area contributed by atoms with Gasteiger partial charge in [0.05, 0.1) is 6.04 Å². The fourth-order valence-corrected chi connectivity index (χ4v) is 1.26. The minimum atomic E-state index is 0.287. The van der Waals surface area contributed by atoms with Crippen molar-refractivity contribution in [2.24, 2.45) is 0 Å². The number of hydrogen-bond donors (Lipinski definition) is 1. The van der Waals surface area contributed by atoms with Crippen molar-refractivity contribution in [3.05, 3.63) is 42.5 Å². The Bertz CT molecular complexity index is 286. The second-order valence-electron chi connectivity index (χ2n) is 2.79. The number of rotatable bonds is 2. The van der Waals surface area contributed by atoms with Crippen LogP contribution < -0.4 is 0 Å². The van der Waals surface area contributed by atoms with Gasteiger partial charge in [0, 0.05) is 24.3 Å². The Balaban J connectivity index is 2.27. The molecule has 0 radical (unpaired) electrons. The second-order valence-corrected chi connectivity index (χ2v) is 2.79. The van der Waals surface area contributed by atoms with Crippen LogP contribution in [0.3, 0.4) is 0 Å². The molecule has 0 saturated heterocycles. The third-order valence-electron chi connectivity index (χ3n) is 1.99. The summed E-state index contributed by atoms with van der Waals surface area (Å²) in [6, 6.07) is 6.27. The van der Waals surface area contributed by atoms with Crippen molar-refractivity contribution in [1.29, 1.82) is 0 Å². The largest absolute Gasteiger partial charge is 0.363 e. The van der Waals surface area contributed by atoms with Gasteiger partial charge in [-0.15, -0.1) is 0 Å². The van der Waals surface area contributed by atoms with E-state index in [4.69, 9.17) is 0 Å². The van der Waals surface area contributed by atoms with Crippen molar-refractivity contribution in [2.75, 3.05) is 0 Å². The van der Waals surface area contributed by atoms with E-state index in [2.05, 4.69) is 23.1 Å². The molecule has 0 bridgehead atoms. The SMILES string of the molecule is CC(c1ccc[nH]1)n1cccn1. The molecule has 1 atom stereocenters. The molecule has 2 heterocycles. The number of nitrogens with one attached hydrogen (secondary N) is 1. The molecule has 0 aliphatic heterocycles. The summed E-state index contributed by atoms with van der Waals surface area (Å²) in [7, 11) is 0. The predicted octanol–water partition coefficient (Wildman–Crippen LogP) is 1.82. The van der Waals surface area contributed by atoms with Gasteiger partial charge in [0.15, 0.2) is 0 Å². The molecule has 0 saturated carbocycles. The highest BCUT2D eigenvalue weighted by molar-refractivity contribution is 5.09. The number of aromatic nitrogens is 3. The van der Waals surface area contributed by atoms with E-state index in [-0.39, 0.29) is 6.04 Å². The van der Waals surface area contributed by atoms with E-state index >= 15 is 0 Å². The first-order valence-electron chi connectivity index (χ1n) is 4.00. The van der Waals surface area contributed by atoms with E-state index in [1.54, 1.807) is 6.20 Å². The standard InChI is InChI=1S/C9H11N3/c1-8(9-4-2-5-10-9)12-7-3-6-11-12/h2-8,10H,1H3. The fourth-order valence-electron chi connectivity index (χ4n) is 1.26. The Labute approximate surface area is 71.0 Å². The highest BCUT2D eigenvalue weighted by atomic mass is 15.3. The topological polar surface area (TPSA) is 33.6 Å². The lowest BCUT2D eigenvalue weighted by Crippen LogP contribution is -2.06. The van der Waals surface area contributed by atoms with Gasteiger partial charge in [-0.05, 0) is 25.1 Å². The van der Waals surface area contributed by atoms with Gasteiger partial charge in [0.1, 0.15) is 0 Å². The molecule has 12 heavy (non-hydrogen) atoms. The molecule has 1 N–H and O–H groups in total. The van der Waals surface area contributed by atoms with Crippen molar-refractivity contribution in [1.82, 2.24) is 14.8 Å². The molecule has 0 aromatic carbocycles. The van der Waals surface area contributed by atoms with Gasteiger partial charge in [-0.1, -0.05) is 0 Å². The van der Waals surface area contributed by atoms with Crippen LogP contribution in [0.1, 0.15) is 18.7 Å². The number of nitrogens with zero attached hydrogens (tertiary/aromatic N) is 2. The molecule has 2 aromatic rings. The van der Waals surface area contributed by atoms with Gasteiger partial charge in [0.2, 0.25) is 0 Å². The van der Waals surface area contributed by atoms with Crippen LogP contribution in [0, 0.1) is 0 Å². The maximum Gasteiger partial charge on any atom is 0.0888 e. The van der Waals surface area contributed by atoms with Crippen molar-refractivity contribution in [2.45, 2.75) is 13.0 Å². The summed E-state index contributed by atoms with van der Waals surface area (Å²) >= 11 is 0. The lowest BCUT2D eigenvalue weighted by atomic mass is 10.2. The average molecular weight is 161 g/mol. The monoisotopic (exact) mass is 161 g/mol. The minimum absolute atomic E-state index is 0.287. The van der Waals surface area contributed by atoms with E-state index in [0.717, 1.165) is 0 Å². The van der Waals surface area contributed by atoms with Crippen molar-refractivity contribution in [3.8, 4) is 0 Å². The third kappa shape index (κ3) is 1.13. The Morgan fingerprint density at radius 2 is 2.42 bits per heavy atom. The molecule has 3 nitrogen and oxygen atoms in total. The highest BCUT2D eigenvalue weighted by Gasteiger charge is 2.06. The molecule has 0 spiro atoms. The zero-order chi connectivity index (χ0) is 8.39. The van der Waals surface area contributed by atoms with Crippen LogP contribution in [-0.4, -0.2) is 14.8 Å². The lowest BCUT2D eigenvalue weighted by molar-refractivity contribution is 0.554. The predicted molar refractivity (Wildman–Crippen MR) is 46.8 cm³/mol. The Kier molecular flexibility index (Phi) is 1.70. The molecule has 3 heteroatoms. The molecule has 0 aliphatic carbocycles. The van der Waals surface area contributed by atoms with Crippen LogP contribution in [0.15, 0.2) is 36.8 Å². The molecule has 0 amide bonds. The van der Waals surface area contributed by atoms with Crippen molar-refractivity contribution < 1.29 is 0 Å². The summed E-state index contributed by atoms with van der Waals surface area (Å²) in [6.07, 6.45) is 5.68. The summed E-state index contributed by atoms with van der Waals surface area (Å²) in [5, 5.41) is 4.17. The summed E-state index contributed by atoms with van der Waals surface area (Å²) in [5.41, 5.74) is 1.18. The highest BCUT2D eigenvalue weighted by Crippen LogP contribution is 2.13. The zero-order valence-electron chi connectivity index (χ0n) is 6.94. The number of hydrogen-bond acceptors (Lipinski definition) is 1. The smallest absolute Gasteiger partial charge is 0.0888 e. The number of H-pyrrole nitrogens is 1. The molecule has 2 aromatic heterocycles. The van der Waals surface area contributed by atoms with Crippen LogP contribution in [0.5, 0.6) is 0 Å². The first-order valence-corrected chi connectivity index (χ1v) is 4.00. The van der Waals surface area contributed by atoms with Crippen LogP contribution >= 0.6 is 0 Å². The summed E-state index contributed by atoms with van der Waals surface area (Å²) in [5.74, 6) is 0. The molecule has 62 valence electrons. The number of aromatic amines is 1. The van der Waals surface area contributed by atoms with Crippen LogP contribution in [-0.2, 0) is 0 Å². The van der Waals surface area contributed by atoms with E-state index in [1.165, 1.54) is 5.69 Å². The van der Waals surface area contributed by atoms with Crippen molar-refractivity contribution >= 4 is 0 Å². The van der Waals surface area contributed by atoms with Crippen molar-refractivity contribution in [3.63, 3.8) is 0 Å². The van der Waals surface area contributed by atoms with Crippen LogP contribution in [0.25, 0.3) is 0 Å². The maximum absolute atomic E-state index is 4.17. The molecular weight excluding hydrogens is 150 g/mol. The summed E-state index contributed by atoms with van der Waals surface area (Å²) < 4.78 is 1.92. The van der Waals surface area contributed by atoms with E-state index < -0.39 is 0 Å². The van der Waals surface area contributed by atoms with Gasteiger partial charge in [0.25, 0.3) is 0 Å². The quantitative estimate of drug-likeness (QED) is 0.716. The molecule has 0 aliphatic rings. The Morgan fingerprint density at radius 1 is 1.50 bits per heavy atom. The van der Waals surface area contributed by atoms with Crippen LogP contribution in [0.2, 0.25) is 0 Å². The van der Waals surface area contributed by atoms with Gasteiger partial charge in [-0.2, -0.15) is 5.10 Å². The first kappa shape index (κ1) is 7.16. The van der Waals surface area contributed by atoms with Gasteiger partial charge in [-0.3, -0.25) is 4.68 Å². The summed E-state index contributed by atoms with van der Waals surface area (Å²) in [6.45, 7) is 2.11. The van der Waals surface area contributed by atoms with Gasteiger partial charge in [-0.25, -0.2) is 0 Å². The molecular formula is C9H11N3. The minimum Gasteiger partial charge on any atom is -0.363 e. The molecule has 2 rings (SSSR count). The normalized spacial score (nSPS) is 13.1. The van der Waals surface area contributed by atoms with E-state index in [0.29, 0.717) is 0 Å². The van der Waals surface area contributed by atoms with Gasteiger partial charge >= 0.3 is 0 Å². The van der Waals surface area contributed by atoms with Gasteiger partial charge < -0.3 is 4.98 Å². The Hall–Kier alpha value is -1.51. The average Bonchev–Trinajstić information content (AvgIpc) is 2.77. The van der Waals surface area contributed by atoms with E-state index in [9.17, 15) is 0 Å². The van der Waals surface area contributed by atoms with E-state index in [1.807, 2.05) is 29.2 Å². The molecule has 0 fully saturated rings. The maximum atomic E-state index is 4.17. The zero-order valence-corrected chi connectivity index (χ0v) is 6.94. The second kappa shape index (κ2) is 2.85. The third-order valence-corrected chi connectivity index (χ3v) is 1.99. The molecule has 1 unspecified atom stereocenters. The summed E-state index contributed by atoms with van der Waals surface area (Å²) in [4.78, 5) is 3.16. The fraction of sp³-hybridized carbons (Fsp3) is 0.222. The Morgan fingerprint density at radius 3 is 3.00 bits per heavy atom. The van der Waals surface area contributed by atoms with Crippen LogP contribution in [0.4, 0.5) is 0 Å².